The Bertz CT molecular complexity index is 496. The van der Waals surface area contributed by atoms with Gasteiger partial charge in [0.1, 0.15) is 5.82 Å². The molecule has 1 aliphatic rings. The van der Waals surface area contributed by atoms with Gasteiger partial charge in [-0.25, -0.2) is 4.98 Å². The molecule has 0 aromatic carbocycles. The highest BCUT2D eigenvalue weighted by Gasteiger charge is 2.32. The van der Waals surface area contributed by atoms with Crippen molar-refractivity contribution in [3.63, 3.8) is 0 Å². The Hall–Kier alpha value is -1.58. The van der Waals surface area contributed by atoms with Gasteiger partial charge >= 0.3 is 0 Å². The van der Waals surface area contributed by atoms with E-state index in [0.29, 0.717) is 0 Å². The van der Waals surface area contributed by atoms with Gasteiger partial charge in [-0.2, -0.15) is 0 Å². The molecule has 1 aliphatic heterocycles. The summed E-state index contributed by atoms with van der Waals surface area (Å²) in [5.74, 6) is 0.925. The van der Waals surface area contributed by atoms with Gasteiger partial charge in [0.15, 0.2) is 0 Å². The van der Waals surface area contributed by atoms with Crippen LogP contribution in [0.3, 0.4) is 0 Å². The van der Waals surface area contributed by atoms with E-state index in [1.807, 2.05) is 24.0 Å². The second-order valence-corrected chi connectivity index (χ2v) is 6.45. The van der Waals surface area contributed by atoms with Crippen LogP contribution in [0.25, 0.3) is 0 Å². The van der Waals surface area contributed by atoms with Crippen molar-refractivity contribution in [2.24, 2.45) is 5.41 Å². The highest BCUT2D eigenvalue weighted by atomic mass is 16.2. The van der Waals surface area contributed by atoms with Gasteiger partial charge < -0.3 is 10.2 Å². The van der Waals surface area contributed by atoms with Crippen molar-refractivity contribution in [2.75, 3.05) is 25.0 Å². The Morgan fingerprint density at radius 1 is 1.45 bits per heavy atom. The number of carbonyl (C=O) groups is 1. The fourth-order valence-electron chi connectivity index (χ4n) is 2.60. The molecule has 1 amide bonds. The average Bonchev–Trinajstić information content (AvgIpc) is 2.75. The third kappa shape index (κ3) is 3.50. The summed E-state index contributed by atoms with van der Waals surface area (Å²) >= 11 is 0. The molecule has 0 aliphatic carbocycles. The quantitative estimate of drug-likeness (QED) is 0.918. The molecule has 4 heteroatoms. The second kappa shape index (κ2) is 5.81. The van der Waals surface area contributed by atoms with Crippen molar-refractivity contribution in [2.45, 2.75) is 40.5 Å². The van der Waals surface area contributed by atoms with Gasteiger partial charge in [-0.05, 0) is 37.3 Å². The minimum atomic E-state index is 0.126. The summed E-state index contributed by atoms with van der Waals surface area (Å²) in [6.45, 7) is 11.0. The predicted molar refractivity (Wildman–Crippen MR) is 82.1 cm³/mol. The summed E-state index contributed by atoms with van der Waals surface area (Å²) in [7, 11) is 0. The normalized spacial score (nSPS) is 17.3. The molecule has 1 aromatic heterocycles. The predicted octanol–water partition coefficient (Wildman–Crippen LogP) is 3.08. The molecule has 110 valence electrons. The van der Waals surface area contributed by atoms with Crippen LogP contribution < -0.4 is 5.32 Å². The number of anilines is 1. The first-order valence-electron chi connectivity index (χ1n) is 7.43. The summed E-state index contributed by atoms with van der Waals surface area (Å²) in [6, 6.07) is 3.75. The molecule has 1 fully saturated rings. The maximum atomic E-state index is 12.6. The highest BCUT2D eigenvalue weighted by molar-refractivity contribution is 5.95. The molecule has 1 N–H and O–H groups in total. The lowest BCUT2D eigenvalue weighted by Crippen LogP contribution is -2.30. The summed E-state index contributed by atoms with van der Waals surface area (Å²) in [6.07, 6.45) is 2.11. The van der Waals surface area contributed by atoms with Crippen molar-refractivity contribution in [1.82, 2.24) is 9.88 Å². The molecule has 1 saturated heterocycles. The van der Waals surface area contributed by atoms with Crippen molar-refractivity contribution in [3.8, 4) is 0 Å². The highest BCUT2D eigenvalue weighted by Crippen LogP contribution is 2.30. The summed E-state index contributed by atoms with van der Waals surface area (Å²) in [5.41, 5.74) is 1.86. The monoisotopic (exact) mass is 275 g/mol. The molecule has 0 bridgehead atoms. The molecule has 2 rings (SSSR count). The molecular weight excluding hydrogens is 250 g/mol. The lowest BCUT2D eigenvalue weighted by Gasteiger charge is -2.20. The van der Waals surface area contributed by atoms with Gasteiger partial charge in [0.25, 0.3) is 5.91 Å². The van der Waals surface area contributed by atoms with Crippen LogP contribution >= 0.6 is 0 Å². The van der Waals surface area contributed by atoms with Crippen LogP contribution in [-0.2, 0) is 0 Å². The minimum absolute atomic E-state index is 0.126. The topological polar surface area (TPSA) is 45.2 Å². The van der Waals surface area contributed by atoms with E-state index >= 15 is 0 Å². The second-order valence-electron chi connectivity index (χ2n) is 6.45. The molecule has 0 spiro atoms. The molecule has 0 atom stereocenters. The summed E-state index contributed by atoms with van der Waals surface area (Å²) in [5, 5.41) is 3.26. The maximum absolute atomic E-state index is 12.6. The van der Waals surface area contributed by atoms with Crippen LogP contribution in [0.2, 0.25) is 0 Å². The number of likely N-dealkylation sites (tertiary alicyclic amines) is 1. The first-order chi connectivity index (χ1) is 9.41. The molecule has 1 aromatic rings. The number of rotatable bonds is 4. The van der Waals surface area contributed by atoms with Crippen molar-refractivity contribution in [1.29, 1.82) is 0 Å². The number of carbonyl (C=O) groups excluding carboxylic acids is 1. The molecule has 0 radical (unpaired) electrons. The van der Waals surface area contributed by atoms with E-state index < -0.39 is 0 Å². The van der Waals surface area contributed by atoms with Crippen LogP contribution in [0.4, 0.5) is 5.82 Å². The zero-order valence-electron chi connectivity index (χ0n) is 13.0. The third-order valence-corrected chi connectivity index (χ3v) is 3.72. The van der Waals surface area contributed by atoms with Gasteiger partial charge in [0, 0.05) is 30.9 Å². The number of amides is 1. The zero-order chi connectivity index (χ0) is 14.8. The molecular formula is C16H25N3O. The lowest BCUT2D eigenvalue weighted by atomic mass is 9.93. The van der Waals surface area contributed by atoms with E-state index in [2.05, 4.69) is 31.1 Å². The molecule has 20 heavy (non-hydrogen) atoms. The minimum Gasteiger partial charge on any atom is -0.370 e. The van der Waals surface area contributed by atoms with Crippen molar-refractivity contribution in [3.05, 3.63) is 23.4 Å². The largest absolute Gasteiger partial charge is 0.370 e. The Morgan fingerprint density at radius 3 is 2.80 bits per heavy atom. The van der Waals surface area contributed by atoms with E-state index in [4.69, 9.17) is 0 Å². The van der Waals surface area contributed by atoms with Crippen LogP contribution in [0.1, 0.15) is 49.7 Å². The van der Waals surface area contributed by atoms with Crippen LogP contribution in [-0.4, -0.2) is 35.4 Å². The van der Waals surface area contributed by atoms with Gasteiger partial charge in [-0.3, -0.25) is 4.79 Å². The number of pyridine rings is 1. The standard InChI is InChI=1S/C16H25N3O/c1-5-7-17-14-10-13(9-12(2)18-14)15(20)19-8-6-16(3,4)11-19/h9-10H,5-8,11H2,1-4H3,(H,17,18). The van der Waals surface area contributed by atoms with E-state index in [1.165, 1.54) is 0 Å². The van der Waals surface area contributed by atoms with Crippen molar-refractivity contribution >= 4 is 11.7 Å². The van der Waals surface area contributed by atoms with Gasteiger partial charge in [0.05, 0.1) is 0 Å². The number of nitrogens with zero attached hydrogens (tertiary/aromatic N) is 2. The van der Waals surface area contributed by atoms with Gasteiger partial charge in [0.2, 0.25) is 0 Å². The number of nitrogens with one attached hydrogen (secondary N) is 1. The van der Waals surface area contributed by atoms with E-state index in [-0.39, 0.29) is 11.3 Å². The van der Waals surface area contributed by atoms with E-state index in [1.54, 1.807) is 0 Å². The number of hydrogen-bond donors (Lipinski definition) is 1. The number of aromatic nitrogens is 1. The summed E-state index contributed by atoms with van der Waals surface area (Å²) in [4.78, 5) is 19.0. The van der Waals surface area contributed by atoms with E-state index in [9.17, 15) is 4.79 Å². The Balaban J connectivity index is 2.15. The Kier molecular flexibility index (Phi) is 4.31. The molecule has 0 unspecified atom stereocenters. The molecule has 0 saturated carbocycles. The van der Waals surface area contributed by atoms with E-state index in [0.717, 1.165) is 49.6 Å². The fourth-order valence-corrected chi connectivity index (χ4v) is 2.60. The maximum Gasteiger partial charge on any atom is 0.254 e. The number of aryl methyl sites for hydroxylation is 1. The smallest absolute Gasteiger partial charge is 0.254 e. The summed E-state index contributed by atoms with van der Waals surface area (Å²) < 4.78 is 0. The molecule has 2 heterocycles. The third-order valence-electron chi connectivity index (χ3n) is 3.72. The lowest BCUT2D eigenvalue weighted by molar-refractivity contribution is 0.0778. The van der Waals surface area contributed by atoms with Crippen molar-refractivity contribution < 1.29 is 4.79 Å². The Labute approximate surface area is 121 Å². The Morgan fingerprint density at radius 2 is 2.20 bits per heavy atom. The average molecular weight is 275 g/mol. The van der Waals surface area contributed by atoms with Gasteiger partial charge in [-0.15, -0.1) is 0 Å². The van der Waals surface area contributed by atoms with Crippen LogP contribution in [0.15, 0.2) is 12.1 Å². The van der Waals surface area contributed by atoms with Crippen LogP contribution in [0, 0.1) is 12.3 Å². The molecule has 4 nitrogen and oxygen atoms in total. The van der Waals surface area contributed by atoms with Gasteiger partial charge in [-0.1, -0.05) is 20.8 Å². The van der Waals surface area contributed by atoms with Crippen LogP contribution in [0.5, 0.6) is 0 Å². The first-order valence-corrected chi connectivity index (χ1v) is 7.43. The number of hydrogen-bond acceptors (Lipinski definition) is 3. The first kappa shape index (κ1) is 14.8. The zero-order valence-corrected chi connectivity index (χ0v) is 13.0. The fraction of sp³-hybridized carbons (Fsp3) is 0.625. The SMILES string of the molecule is CCCNc1cc(C(=O)N2CCC(C)(C)C2)cc(C)n1.